The van der Waals surface area contributed by atoms with Crippen molar-refractivity contribution in [3.63, 3.8) is 0 Å². The standard InChI is InChI=1S/C22H28N4/c1-16-9-14-20-24-21(17-10-12-19(13-11-17)25(2)3)22(26(20)15-16)23-18-7-5-4-6-8-18/h9-15,18,23H,4-8H2,1-3H3. The number of hydrogen-bond donors (Lipinski definition) is 1. The molecule has 2 aromatic heterocycles. The van der Waals surface area contributed by atoms with Gasteiger partial charge in [0, 0.05) is 37.6 Å². The minimum Gasteiger partial charge on any atom is -0.378 e. The van der Waals surface area contributed by atoms with Gasteiger partial charge in [-0.15, -0.1) is 0 Å². The molecule has 1 fully saturated rings. The second kappa shape index (κ2) is 7.02. The van der Waals surface area contributed by atoms with Crippen LogP contribution in [0.2, 0.25) is 0 Å². The second-order valence-electron chi connectivity index (χ2n) is 7.66. The Morgan fingerprint density at radius 3 is 2.42 bits per heavy atom. The van der Waals surface area contributed by atoms with E-state index >= 15 is 0 Å². The molecule has 1 aliphatic rings. The van der Waals surface area contributed by atoms with Crippen LogP contribution in [-0.4, -0.2) is 29.5 Å². The molecule has 2 heterocycles. The topological polar surface area (TPSA) is 32.6 Å². The molecule has 4 nitrogen and oxygen atoms in total. The largest absolute Gasteiger partial charge is 0.378 e. The highest BCUT2D eigenvalue weighted by Gasteiger charge is 2.19. The third kappa shape index (κ3) is 3.28. The average Bonchev–Trinajstić information content (AvgIpc) is 3.00. The molecule has 26 heavy (non-hydrogen) atoms. The van der Waals surface area contributed by atoms with Crippen LogP contribution in [0, 0.1) is 6.92 Å². The number of fused-ring (bicyclic) bond motifs is 1. The molecule has 0 unspecified atom stereocenters. The van der Waals surface area contributed by atoms with Gasteiger partial charge in [-0.25, -0.2) is 4.98 Å². The number of aromatic nitrogens is 2. The Morgan fingerprint density at radius 1 is 1.00 bits per heavy atom. The summed E-state index contributed by atoms with van der Waals surface area (Å²) in [6.07, 6.45) is 8.69. The maximum atomic E-state index is 4.95. The lowest BCUT2D eigenvalue weighted by atomic mass is 9.95. The van der Waals surface area contributed by atoms with Gasteiger partial charge in [0.15, 0.2) is 0 Å². The van der Waals surface area contributed by atoms with Gasteiger partial charge in [0.2, 0.25) is 0 Å². The number of rotatable bonds is 4. The van der Waals surface area contributed by atoms with Crippen molar-refractivity contribution in [1.82, 2.24) is 9.38 Å². The third-order valence-electron chi connectivity index (χ3n) is 5.37. The Bertz CT molecular complexity index is 886. The van der Waals surface area contributed by atoms with Gasteiger partial charge >= 0.3 is 0 Å². The average molecular weight is 348 g/mol. The minimum absolute atomic E-state index is 0.545. The summed E-state index contributed by atoms with van der Waals surface area (Å²) in [7, 11) is 4.14. The fourth-order valence-electron chi connectivity index (χ4n) is 3.85. The molecule has 1 saturated carbocycles. The van der Waals surface area contributed by atoms with Gasteiger partial charge in [0.05, 0.1) is 0 Å². The summed E-state index contributed by atoms with van der Waals surface area (Å²) >= 11 is 0. The van der Waals surface area contributed by atoms with Crippen molar-refractivity contribution >= 4 is 17.2 Å². The third-order valence-corrected chi connectivity index (χ3v) is 5.37. The number of imidazole rings is 1. The highest BCUT2D eigenvalue weighted by Crippen LogP contribution is 2.32. The molecular weight excluding hydrogens is 320 g/mol. The van der Waals surface area contributed by atoms with Crippen LogP contribution in [0.5, 0.6) is 0 Å². The van der Waals surface area contributed by atoms with E-state index in [0.717, 1.165) is 22.7 Å². The Morgan fingerprint density at radius 2 is 1.73 bits per heavy atom. The molecule has 4 heteroatoms. The highest BCUT2D eigenvalue weighted by atomic mass is 15.1. The summed E-state index contributed by atoms with van der Waals surface area (Å²) < 4.78 is 2.22. The molecule has 0 saturated heterocycles. The summed E-state index contributed by atoms with van der Waals surface area (Å²) in [5.41, 5.74) is 5.66. The van der Waals surface area contributed by atoms with Crippen LogP contribution in [0.25, 0.3) is 16.9 Å². The molecule has 0 atom stereocenters. The fraction of sp³-hybridized carbons (Fsp3) is 0.409. The summed E-state index contributed by atoms with van der Waals surface area (Å²) in [5.74, 6) is 1.13. The van der Waals surface area contributed by atoms with Crippen LogP contribution >= 0.6 is 0 Å². The van der Waals surface area contributed by atoms with Crippen molar-refractivity contribution in [3.8, 4) is 11.3 Å². The van der Waals surface area contributed by atoms with Crippen molar-refractivity contribution in [2.24, 2.45) is 0 Å². The molecule has 0 bridgehead atoms. The number of benzene rings is 1. The van der Waals surface area contributed by atoms with E-state index in [-0.39, 0.29) is 0 Å². The van der Waals surface area contributed by atoms with Crippen molar-refractivity contribution in [3.05, 3.63) is 48.2 Å². The zero-order valence-electron chi connectivity index (χ0n) is 16.0. The summed E-state index contributed by atoms with van der Waals surface area (Å²) in [4.78, 5) is 7.07. The van der Waals surface area contributed by atoms with Gasteiger partial charge < -0.3 is 10.2 Å². The van der Waals surface area contributed by atoms with E-state index in [9.17, 15) is 0 Å². The van der Waals surface area contributed by atoms with E-state index in [0.29, 0.717) is 6.04 Å². The maximum absolute atomic E-state index is 4.95. The van der Waals surface area contributed by atoms with E-state index < -0.39 is 0 Å². The maximum Gasteiger partial charge on any atom is 0.139 e. The molecule has 3 aromatic rings. The summed E-state index contributed by atoms with van der Waals surface area (Å²) in [5, 5.41) is 3.83. The van der Waals surface area contributed by atoms with Gasteiger partial charge in [-0.1, -0.05) is 37.5 Å². The van der Waals surface area contributed by atoms with E-state index in [4.69, 9.17) is 4.98 Å². The molecule has 1 N–H and O–H groups in total. The lowest BCUT2D eigenvalue weighted by molar-refractivity contribution is 0.462. The van der Waals surface area contributed by atoms with Crippen molar-refractivity contribution in [1.29, 1.82) is 0 Å². The lowest BCUT2D eigenvalue weighted by Crippen LogP contribution is -2.23. The first kappa shape index (κ1) is 17.0. The normalized spacial score (nSPS) is 15.3. The van der Waals surface area contributed by atoms with Gasteiger partial charge in [-0.05, 0) is 43.5 Å². The van der Waals surface area contributed by atoms with Gasteiger partial charge in [0.25, 0.3) is 0 Å². The molecule has 0 spiro atoms. The Balaban J connectivity index is 1.78. The van der Waals surface area contributed by atoms with Gasteiger partial charge in [-0.2, -0.15) is 0 Å². The number of nitrogens with one attached hydrogen (secondary N) is 1. The first-order valence-electron chi connectivity index (χ1n) is 9.65. The van der Waals surface area contributed by atoms with E-state index in [2.05, 4.69) is 78.2 Å². The van der Waals surface area contributed by atoms with E-state index in [1.165, 1.54) is 43.4 Å². The van der Waals surface area contributed by atoms with Crippen LogP contribution in [0.3, 0.4) is 0 Å². The van der Waals surface area contributed by atoms with Gasteiger partial charge in [-0.3, -0.25) is 4.40 Å². The first-order valence-corrected chi connectivity index (χ1v) is 9.65. The molecule has 1 aliphatic carbocycles. The van der Waals surface area contributed by atoms with Crippen LogP contribution in [0.4, 0.5) is 11.5 Å². The highest BCUT2D eigenvalue weighted by molar-refractivity contribution is 5.77. The molecule has 4 rings (SSSR count). The Kier molecular flexibility index (Phi) is 4.58. The van der Waals surface area contributed by atoms with Crippen molar-refractivity contribution in [2.45, 2.75) is 45.1 Å². The zero-order chi connectivity index (χ0) is 18.1. The zero-order valence-corrected chi connectivity index (χ0v) is 16.0. The van der Waals surface area contributed by atoms with E-state index in [1.54, 1.807) is 0 Å². The number of anilines is 2. The molecule has 0 amide bonds. The summed E-state index contributed by atoms with van der Waals surface area (Å²) in [6.45, 7) is 2.13. The number of pyridine rings is 1. The fourth-order valence-corrected chi connectivity index (χ4v) is 3.85. The predicted molar refractivity (Wildman–Crippen MR) is 110 cm³/mol. The second-order valence-corrected chi connectivity index (χ2v) is 7.66. The number of nitrogens with zero attached hydrogens (tertiary/aromatic N) is 3. The van der Waals surface area contributed by atoms with E-state index in [1.807, 2.05) is 0 Å². The Labute approximate surface area is 155 Å². The number of hydrogen-bond acceptors (Lipinski definition) is 3. The molecule has 1 aromatic carbocycles. The molecule has 0 aliphatic heterocycles. The lowest BCUT2D eigenvalue weighted by Gasteiger charge is -2.24. The van der Waals surface area contributed by atoms with Crippen molar-refractivity contribution in [2.75, 3.05) is 24.3 Å². The summed E-state index contributed by atoms with van der Waals surface area (Å²) in [6, 6.07) is 13.5. The predicted octanol–water partition coefficient (Wildman–Crippen LogP) is 5.12. The van der Waals surface area contributed by atoms with Crippen molar-refractivity contribution < 1.29 is 0 Å². The van der Waals surface area contributed by atoms with Gasteiger partial charge in [0.1, 0.15) is 17.2 Å². The molecule has 136 valence electrons. The monoisotopic (exact) mass is 348 g/mol. The smallest absolute Gasteiger partial charge is 0.139 e. The molecule has 0 radical (unpaired) electrons. The minimum atomic E-state index is 0.545. The first-order chi connectivity index (χ1) is 12.6. The SMILES string of the molecule is Cc1ccc2nc(-c3ccc(N(C)C)cc3)c(NC3CCCCC3)n2c1. The van der Waals surface area contributed by atoms with Crippen LogP contribution in [0.15, 0.2) is 42.6 Å². The number of aryl methyl sites for hydroxylation is 1. The molecular formula is C22H28N4. The Hall–Kier alpha value is -2.49. The van der Waals surface area contributed by atoms with Crippen LogP contribution in [-0.2, 0) is 0 Å². The quantitative estimate of drug-likeness (QED) is 0.710. The van der Waals surface area contributed by atoms with Crippen LogP contribution in [0.1, 0.15) is 37.7 Å². The van der Waals surface area contributed by atoms with Crippen LogP contribution < -0.4 is 10.2 Å².